The van der Waals surface area contributed by atoms with Gasteiger partial charge in [0.05, 0.1) is 11.9 Å². The van der Waals surface area contributed by atoms with Gasteiger partial charge in [-0.25, -0.2) is 0 Å². The fraction of sp³-hybridized carbons (Fsp3) is 0.286. The first-order valence-electron chi connectivity index (χ1n) is 6.38. The molecule has 0 saturated carbocycles. The second kappa shape index (κ2) is 6.58. The third kappa shape index (κ3) is 3.40. The first-order chi connectivity index (χ1) is 9.61. The lowest BCUT2D eigenvalue weighted by atomic mass is 10.1. The maximum absolute atomic E-state index is 12.2. The summed E-state index contributed by atoms with van der Waals surface area (Å²) in [7, 11) is 1.79. The zero-order valence-electron chi connectivity index (χ0n) is 11.5. The van der Waals surface area contributed by atoms with Gasteiger partial charge in [0.15, 0.2) is 0 Å². The number of aryl methyl sites for hydroxylation is 1. The van der Waals surface area contributed by atoms with E-state index in [1.165, 1.54) is 0 Å². The lowest BCUT2D eigenvalue weighted by Crippen LogP contribution is -2.27. The maximum atomic E-state index is 12.2. The highest BCUT2D eigenvalue weighted by Gasteiger charge is 2.18. The standard InChI is InChI=1S/C14H18N4OS/c1-3-20-12-7-5-4-6-11(12)17-14(19)13(15)10-8-16-18(2)9-10/h4-9,13H,3,15H2,1-2H3,(H,17,19). The van der Waals surface area contributed by atoms with E-state index in [2.05, 4.69) is 17.3 Å². The van der Waals surface area contributed by atoms with Crippen LogP contribution in [0.1, 0.15) is 18.5 Å². The summed E-state index contributed by atoms with van der Waals surface area (Å²) in [5.74, 6) is 0.712. The molecule has 1 amide bonds. The lowest BCUT2D eigenvalue weighted by Gasteiger charge is -2.13. The number of nitrogens with zero attached hydrogens (tertiary/aromatic N) is 2. The Kier molecular flexibility index (Phi) is 4.81. The van der Waals surface area contributed by atoms with Crippen LogP contribution in [-0.2, 0) is 11.8 Å². The molecule has 0 spiro atoms. The summed E-state index contributed by atoms with van der Waals surface area (Å²) < 4.78 is 1.63. The van der Waals surface area contributed by atoms with Gasteiger partial charge in [0.25, 0.3) is 0 Å². The van der Waals surface area contributed by atoms with Crippen molar-refractivity contribution in [3.63, 3.8) is 0 Å². The van der Waals surface area contributed by atoms with Crippen molar-refractivity contribution in [1.29, 1.82) is 0 Å². The number of benzene rings is 1. The molecule has 0 radical (unpaired) electrons. The van der Waals surface area contributed by atoms with Crippen molar-refractivity contribution in [2.45, 2.75) is 17.9 Å². The fourth-order valence-corrected chi connectivity index (χ4v) is 2.57. The number of anilines is 1. The number of para-hydroxylation sites is 1. The average molecular weight is 290 g/mol. The van der Waals surface area contributed by atoms with Gasteiger partial charge in [0.1, 0.15) is 6.04 Å². The predicted molar refractivity (Wildman–Crippen MR) is 81.6 cm³/mol. The van der Waals surface area contributed by atoms with Crippen LogP contribution >= 0.6 is 11.8 Å². The van der Waals surface area contributed by atoms with Gasteiger partial charge in [-0.1, -0.05) is 19.1 Å². The van der Waals surface area contributed by atoms with Crippen LogP contribution in [0.3, 0.4) is 0 Å². The van der Waals surface area contributed by atoms with E-state index >= 15 is 0 Å². The molecule has 0 bridgehead atoms. The largest absolute Gasteiger partial charge is 0.323 e. The lowest BCUT2D eigenvalue weighted by molar-refractivity contribution is -0.117. The van der Waals surface area contributed by atoms with Crippen LogP contribution in [-0.4, -0.2) is 21.4 Å². The smallest absolute Gasteiger partial charge is 0.246 e. The molecule has 1 atom stereocenters. The third-order valence-corrected chi connectivity index (χ3v) is 3.77. The Morgan fingerprint density at radius 3 is 2.90 bits per heavy atom. The van der Waals surface area contributed by atoms with Gasteiger partial charge in [-0.3, -0.25) is 9.48 Å². The highest BCUT2D eigenvalue weighted by Crippen LogP contribution is 2.27. The molecule has 6 heteroatoms. The summed E-state index contributed by atoms with van der Waals surface area (Å²) in [5.41, 5.74) is 7.45. The van der Waals surface area contributed by atoms with Crippen molar-refractivity contribution in [3.05, 3.63) is 42.2 Å². The summed E-state index contributed by atoms with van der Waals surface area (Å²) in [4.78, 5) is 13.2. The Bertz CT molecular complexity index is 596. The number of thioether (sulfide) groups is 1. The second-order valence-electron chi connectivity index (χ2n) is 4.34. The molecule has 0 aliphatic carbocycles. The number of nitrogens with two attached hydrogens (primary N) is 1. The summed E-state index contributed by atoms with van der Waals surface area (Å²) >= 11 is 1.68. The van der Waals surface area contributed by atoms with Crippen molar-refractivity contribution in [3.8, 4) is 0 Å². The van der Waals surface area contributed by atoms with Gasteiger partial charge in [-0.15, -0.1) is 11.8 Å². The Morgan fingerprint density at radius 1 is 1.50 bits per heavy atom. The van der Waals surface area contributed by atoms with Crippen LogP contribution in [0.4, 0.5) is 5.69 Å². The summed E-state index contributed by atoms with van der Waals surface area (Å²) in [6.07, 6.45) is 3.36. The number of carbonyl (C=O) groups excluding carboxylic acids is 1. The molecule has 2 rings (SSSR count). The first-order valence-corrected chi connectivity index (χ1v) is 7.37. The Labute approximate surface area is 122 Å². The molecular formula is C14H18N4OS. The molecule has 0 saturated heterocycles. The van der Waals surface area contributed by atoms with E-state index in [4.69, 9.17) is 5.73 Å². The molecule has 0 aliphatic rings. The molecule has 0 fully saturated rings. The Morgan fingerprint density at radius 2 is 2.25 bits per heavy atom. The molecule has 1 aromatic carbocycles. The SMILES string of the molecule is CCSc1ccccc1NC(=O)C(N)c1cnn(C)c1. The molecule has 20 heavy (non-hydrogen) atoms. The topological polar surface area (TPSA) is 72.9 Å². The van der Waals surface area contributed by atoms with E-state index in [1.54, 1.807) is 35.9 Å². The molecule has 1 aromatic heterocycles. The van der Waals surface area contributed by atoms with Crippen molar-refractivity contribution >= 4 is 23.4 Å². The van der Waals surface area contributed by atoms with Gasteiger partial charge in [0, 0.05) is 23.7 Å². The highest BCUT2D eigenvalue weighted by atomic mass is 32.2. The van der Waals surface area contributed by atoms with Gasteiger partial charge < -0.3 is 11.1 Å². The molecule has 1 heterocycles. The molecule has 1 unspecified atom stereocenters. The van der Waals surface area contributed by atoms with E-state index in [9.17, 15) is 4.79 Å². The van der Waals surface area contributed by atoms with Crippen molar-refractivity contribution in [1.82, 2.24) is 9.78 Å². The minimum Gasteiger partial charge on any atom is -0.323 e. The number of hydrogen-bond acceptors (Lipinski definition) is 4. The zero-order chi connectivity index (χ0) is 14.5. The number of rotatable bonds is 5. The van der Waals surface area contributed by atoms with Crippen LogP contribution in [0, 0.1) is 0 Å². The molecule has 3 N–H and O–H groups in total. The minimum absolute atomic E-state index is 0.234. The monoisotopic (exact) mass is 290 g/mol. The van der Waals surface area contributed by atoms with Gasteiger partial charge >= 0.3 is 0 Å². The van der Waals surface area contributed by atoms with Gasteiger partial charge in [-0.05, 0) is 17.9 Å². The Hall–Kier alpha value is -1.79. The summed E-state index contributed by atoms with van der Waals surface area (Å²) in [5, 5.41) is 6.91. The third-order valence-electron chi connectivity index (χ3n) is 2.81. The van der Waals surface area contributed by atoms with E-state index < -0.39 is 6.04 Å². The molecule has 2 aromatic rings. The van der Waals surface area contributed by atoms with Crippen LogP contribution in [0.15, 0.2) is 41.6 Å². The van der Waals surface area contributed by atoms with Crippen LogP contribution in [0.2, 0.25) is 0 Å². The van der Waals surface area contributed by atoms with Crippen LogP contribution in [0.5, 0.6) is 0 Å². The zero-order valence-corrected chi connectivity index (χ0v) is 12.4. The first kappa shape index (κ1) is 14.6. The highest BCUT2D eigenvalue weighted by molar-refractivity contribution is 7.99. The normalized spacial score (nSPS) is 12.2. The van der Waals surface area contributed by atoms with E-state index in [1.807, 2.05) is 24.3 Å². The average Bonchev–Trinajstić information content (AvgIpc) is 2.87. The maximum Gasteiger partial charge on any atom is 0.246 e. The van der Waals surface area contributed by atoms with Crippen molar-refractivity contribution in [2.24, 2.45) is 12.8 Å². The number of amides is 1. The summed E-state index contributed by atoms with van der Waals surface area (Å²) in [6.45, 7) is 2.07. The van der Waals surface area contributed by atoms with E-state index in [0.29, 0.717) is 5.56 Å². The molecule has 0 aliphatic heterocycles. The second-order valence-corrected chi connectivity index (χ2v) is 5.65. The number of aromatic nitrogens is 2. The molecular weight excluding hydrogens is 272 g/mol. The number of hydrogen-bond donors (Lipinski definition) is 2. The predicted octanol–water partition coefficient (Wildman–Crippen LogP) is 2.17. The quantitative estimate of drug-likeness (QED) is 0.828. The van der Waals surface area contributed by atoms with Gasteiger partial charge in [0.2, 0.25) is 5.91 Å². The van der Waals surface area contributed by atoms with Crippen LogP contribution < -0.4 is 11.1 Å². The molecule has 5 nitrogen and oxygen atoms in total. The summed E-state index contributed by atoms with van der Waals surface area (Å²) in [6, 6.07) is 6.99. The van der Waals surface area contributed by atoms with Gasteiger partial charge in [-0.2, -0.15) is 5.10 Å². The number of carbonyl (C=O) groups is 1. The van der Waals surface area contributed by atoms with E-state index in [-0.39, 0.29) is 5.91 Å². The number of nitrogens with one attached hydrogen (secondary N) is 1. The van der Waals surface area contributed by atoms with Crippen LogP contribution in [0.25, 0.3) is 0 Å². The minimum atomic E-state index is -0.719. The molecule has 106 valence electrons. The fourth-order valence-electron chi connectivity index (χ4n) is 1.81. The van der Waals surface area contributed by atoms with Crippen molar-refractivity contribution in [2.75, 3.05) is 11.1 Å². The Balaban J connectivity index is 2.11. The van der Waals surface area contributed by atoms with E-state index in [0.717, 1.165) is 16.3 Å². The van der Waals surface area contributed by atoms with Crippen molar-refractivity contribution < 1.29 is 4.79 Å².